The number of amides is 1. The number of carbonyl (C=O) groups excluding carboxylic acids is 1. The average molecular weight is 272 g/mol. The summed E-state index contributed by atoms with van der Waals surface area (Å²) in [6, 6.07) is 3.26. The van der Waals surface area contributed by atoms with Crippen molar-refractivity contribution in [3.63, 3.8) is 0 Å². The van der Waals surface area contributed by atoms with Crippen LogP contribution in [0.2, 0.25) is 0 Å². The molecule has 0 atom stereocenters. The molecule has 0 fully saturated rings. The number of anilines is 1. The van der Waals surface area contributed by atoms with Gasteiger partial charge in [0.2, 0.25) is 0 Å². The molecule has 2 heterocycles. The number of aromatic hydroxyl groups is 1. The Morgan fingerprint density at radius 1 is 1.25 bits per heavy atom. The number of hydrogen-bond donors (Lipinski definition) is 3. The molecule has 104 valence electrons. The molecule has 0 aromatic carbocycles. The van der Waals surface area contributed by atoms with Gasteiger partial charge in [-0.2, -0.15) is 0 Å². The average Bonchev–Trinajstić information content (AvgIpc) is 2.45. The second-order valence-electron chi connectivity index (χ2n) is 4.31. The summed E-state index contributed by atoms with van der Waals surface area (Å²) in [6.45, 7) is 3.03. The fraction of sp³-hybridized carbons (Fsp3) is 0.214. The highest BCUT2D eigenvalue weighted by molar-refractivity contribution is 5.94. The lowest BCUT2D eigenvalue weighted by Gasteiger charge is -2.09. The van der Waals surface area contributed by atoms with E-state index >= 15 is 0 Å². The Balaban J connectivity index is 1.79. The third-order valence-electron chi connectivity index (χ3n) is 2.73. The highest BCUT2D eigenvalue weighted by atomic mass is 16.3. The maximum absolute atomic E-state index is 11.8. The van der Waals surface area contributed by atoms with Crippen LogP contribution in [0.15, 0.2) is 36.9 Å². The SMILES string of the molecule is Cc1cnccc1NCCNC(=O)c1cncc(O)c1. The summed E-state index contributed by atoms with van der Waals surface area (Å²) in [5, 5.41) is 15.2. The summed E-state index contributed by atoms with van der Waals surface area (Å²) in [5.74, 6) is -0.287. The van der Waals surface area contributed by atoms with E-state index in [-0.39, 0.29) is 11.7 Å². The van der Waals surface area contributed by atoms with Gasteiger partial charge < -0.3 is 15.7 Å². The highest BCUT2D eigenvalue weighted by Gasteiger charge is 2.05. The van der Waals surface area contributed by atoms with Gasteiger partial charge in [-0.25, -0.2) is 0 Å². The Kier molecular flexibility index (Phi) is 4.49. The molecule has 6 heteroatoms. The standard InChI is InChI=1S/C14H16N4O2/c1-10-7-15-3-2-13(10)17-4-5-18-14(20)11-6-12(19)9-16-8-11/h2-3,6-9,19H,4-5H2,1H3,(H,15,17)(H,18,20). The van der Waals surface area contributed by atoms with Crippen molar-refractivity contribution in [1.82, 2.24) is 15.3 Å². The minimum atomic E-state index is -0.262. The number of nitrogens with zero attached hydrogens (tertiary/aromatic N) is 2. The van der Waals surface area contributed by atoms with Crippen LogP contribution in [-0.2, 0) is 0 Å². The Morgan fingerprint density at radius 2 is 2.10 bits per heavy atom. The zero-order valence-corrected chi connectivity index (χ0v) is 11.1. The molecule has 1 amide bonds. The van der Waals surface area contributed by atoms with E-state index in [2.05, 4.69) is 20.6 Å². The van der Waals surface area contributed by atoms with Gasteiger partial charge in [-0.1, -0.05) is 0 Å². The number of aromatic nitrogens is 2. The number of hydrogen-bond acceptors (Lipinski definition) is 5. The van der Waals surface area contributed by atoms with Crippen molar-refractivity contribution in [3.05, 3.63) is 48.0 Å². The monoisotopic (exact) mass is 272 g/mol. The first kappa shape index (κ1) is 13.8. The Bertz CT molecular complexity index is 601. The number of rotatable bonds is 5. The van der Waals surface area contributed by atoms with Crippen molar-refractivity contribution in [2.45, 2.75) is 6.92 Å². The van der Waals surface area contributed by atoms with Crippen molar-refractivity contribution < 1.29 is 9.90 Å². The van der Waals surface area contributed by atoms with E-state index in [0.29, 0.717) is 18.7 Å². The third-order valence-corrected chi connectivity index (χ3v) is 2.73. The van der Waals surface area contributed by atoms with E-state index in [1.165, 1.54) is 18.5 Å². The molecule has 0 aliphatic heterocycles. The van der Waals surface area contributed by atoms with E-state index in [1.54, 1.807) is 12.4 Å². The molecule has 2 aromatic heterocycles. The number of aryl methyl sites for hydroxylation is 1. The molecule has 3 N–H and O–H groups in total. The van der Waals surface area contributed by atoms with E-state index < -0.39 is 0 Å². The van der Waals surface area contributed by atoms with Crippen LogP contribution in [0.4, 0.5) is 5.69 Å². The van der Waals surface area contributed by atoms with Crippen molar-refractivity contribution in [1.29, 1.82) is 0 Å². The predicted molar refractivity (Wildman–Crippen MR) is 75.7 cm³/mol. The molecule has 20 heavy (non-hydrogen) atoms. The molecular weight excluding hydrogens is 256 g/mol. The lowest BCUT2D eigenvalue weighted by Crippen LogP contribution is -2.28. The zero-order chi connectivity index (χ0) is 14.4. The molecule has 0 aliphatic carbocycles. The summed E-state index contributed by atoms with van der Waals surface area (Å²) < 4.78 is 0. The predicted octanol–water partition coefficient (Wildman–Crippen LogP) is 1.33. The smallest absolute Gasteiger partial charge is 0.253 e. The van der Waals surface area contributed by atoms with Crippen LogP contribution >= 0.6 is 0 Å². The summed E-state index contributed by atoms with van der Waals surface area (Å²) in [6.07, 6.45) is 6.19. The van der Waals surface area contributed by atoms with Gasteiger partial charge in [0.1, 0.15) is 5.75 Å². The van der Waals surface area contributed by atoms with Gasteiger partial charge in [0.25, 0.3) is 5.91 Å². The molecule has 0 aliphatic rings. The molecule has 0 saturated heterocycles. The van der Waals surface area contributed by atoms with Crippen LogP contribution in [0, 0.1) is 6.92 Å². The van der Waals surface area contributed by atoms with Gasteiger partial charge in [-0.3, -0.25) is 14.8 Å². The first-order valence-electron chi connectivity index (χ1n) is 6.23. The van der Waals surface area contributed by atoms with E-state index in [1.807, 2.05) is 13.0 Å². The third kappa shape index (κ3) is 3.68. The second kappa shape index (κ2) is 6.51. The lowest BCUT2D eigenvalue weighted by atomic mass is 10.2. The molecule has 0 saturated carbocycles. The molecule has 0 bridgehead atoms. The second-order valence-corrected chi connectivity index (χ2v) is 4.31. The van der Waals surface area contributed by atoms with Gasteiger partial charge in [-0.05, 0) is 24.6 Å². The van der Waals surface area contributed by atoms with E-state index in [9.17, 15) is 9.90 Å². The van der Waals surface area contributed by atoms with Crippen LogP contribution in [0.25, 0.3) is 0 Å². The van der Waals surface area contributed by atoms with E-state index in [4.69, 9.17) is 0 Å². The van der Waals surface area contributed by atoms with E-state index in [0.717, 1.165) is 11.3 Å². The topological polar surface area (TPSA) is 87.1 Å². The summed E-state index contributed by atoms with van der Waals surface area (Å²) in [7, 11) is 0. The lowest BCUT2D eigenvalue weighted by molar-refractivity contribution is 0.0954. The normalized spacial score (nSPS) is 10.1. The van der Waals surface area contributed by atoms with Crippen LogP contribution < -0.4 is 10.6 Å². The Labute approximate surface area is 116 Å². The van der Waals surface area contributed by atoms with Crippen LogP contribution in [0.5, 0.6) is 5.75 Å². The first-order chi connectivity index (χ1) is 9.66. The molecule has 0 unspecified atom stereocenters. The Morgan fingerprint density at radius 3 is 2.85 bits per heavy atom. The molecule has 2 rings (SSSR count). The van der Waals surface area contributed by atoms with Crippen molar-refractivity contribution >= 4 is 11.6 Å². The fourth-order valence-corrected chi connectivity index (χ4v) is 1.70. The number of carbonyl (C=O) groups is 1. The minimum Gasteiger partial charge on any atom is -0.506 e. The maximum atomic E-state index is 11.8. The zero-order valence-electron chi connectivity index (χ0n) is 11.1. The first-order valence-corrected chi connectivity index (χ1v) is 6.23. The van der Waals surface area contributed by atoms with Gasteiger partial charge in [-0.15, -0.1) is 0 Å². The summed E-state index contributed by atoms with van der Waals surface area (Å²) in [5.41, 5.74) is 2.38. The van der Waals surface area contributed by atoms with Gasteiger partial charge in [0.05, 0.1) is 11.8 Å². The largest absolute Gasteiger partial charge is 0.506 e. The van der Waals surface area contributed by atoms with Gasteiger partial charge in [0.15, 0.2) is 0 Å². The van der Waals surface area contributed by atoms with Crippen molar-refractivity contribution in [3.8, 4) is 5.75 Å². The molecule has 0 radical (unpaired) electrons. The molecule has 2 aromatic rings. The number of pyridine rings is 2. The quantitative estimate of drug-likeness (QED) is 0.715. The molecule has 6 nitrogen and oxygen atoms in total. The van der Waals surface area contributed by atoms with Crippen LogP contribution in [0.3, 0.4) is 0 Å². The molecular formula is C14H16N4O2. The van der Waals surface area contributed by atoms with Crippen molar-refractivity contribution in [2.75, 3.05) is 18.4 Å². The highest BCUT2D eigenvalue weighted by Crippen LogP contribution is 2.10. The van der Waals surface area contributed by atoms with Crippen molar-refractivity contribution in [2.24, 2.45) is 0 Å². The fourth-order valence-electron chi connectivity index (χ4n) is 1.70. The summed E-state index contributed by atoms with van der Waals surface area (Å²) >= 11 is 0. The van der Waals surface area contributed by atoms with Gasteiger partial charge in [0, 0.05) is 37.4 Å². The van der Waals surface area contributed by atoms with Gasteiger partial charge >= 0.3 is 0 Å². The minimum absolute atomic E-state index is 0.0248. The molecule has 0 spiro atoms. The number of nitrogens with one attached hydrogen (secondary N) is 2. The summed E-state index contributed by atoms with van der Waals surface area (Å²) in [4.78, 5) is 19.5. The maximum Gasteiger partial charge on any atom is 0.253 e. The Hall–Kier alpha value is -2.63. The van der Waals surface area contributed by atoms with Crippen LogP contribution in [-0.4, -0.2) is 34.1 Å². The van der Waals surface area contributed by atoms with Crippen LogP contribution in [0.1, 0.15) is 15.9 Å².